The van der Waals surface area contributed by atoms with Gasteiger partial charge in [-0.15, -0.1) is 0 Å². The average Bonchev–Trinajstić information content (AvgIpc) is 3.11. The Balaban J connectivity index is 1.57. The van der Waals surface area contributed by atoms with Crippen LogP contribution in [-0.2, 0) is 7.05 Å². The molecule has 124 valence electrons. The number of carbonyl (C=O) groups is 1. The maximum atomic E-state index is 12.5. The van der Waals surface area contributed by atoms with Crippen molar-refractivity contribution >= 4 is 22.8 Å². The Kier molecular flexibility index (Phi) is 3.46. The van der Waals surface area contributed by atoms with Gasteiger partial charge < -0.3 is 15.0 Å². The van der Waals surface area contributed by atoms with Crippen molar-refractivity contribution in [1.82, 2.24) is 24.6 Å². The van der Waals surface area contributed by atoms with Gasteiger partial charge in [0.05, 0.1) is 11.1 Å². The van der Waals surface area contributed by atoms with E-state index in [-0.39, 0.29) is 12.0 Å². The van der Waals surface area contributed by atoms with Gasteiger partial charge in [0, 0.05) is 44.7 Å². The summed E-state index contributed by atoms with van der Waals surface area (Å²) in [5.74, 6) is 0.779. The lowest BCUT2D eigenvalue weighted by Gasteiger charge is -2.35. The molecule has 8 nitrogen and oxygen atoms in total. The summed E-state index contributed by atoms with van der Waals surface area (Å²) in [6.07, 6.45) is 3.58. The summed E-state index contributed by atoms with van der Waals surface area (Å²) >= 11 is 0. The fourth-order valence-corrected chi connectivity index (χ4v) is 2.77. The number of carbonyl (C=O) groups excluding carboxylic acids is 1. The van der Waals surface area contributed by atoms with Crippen molar-refractivity contribution in [1.29, 1.82) is 0 Å². The molecular formula is C16H18N6O2. The molecule has 0 aromatic carbocycles. The van der Waals surface area contributed by atoms with Gasteiger partial charge in [-0.1, -0.05) is 0 Å². The molecule has 4 heterocycles. The van der Waals surface area contributed by atoms with Crippen LogP contribution in [0.2, 0.25) is 0 Å². The number of anilines is 1. The Morgan fingerprint density at radius 3 is 2.88 bits per heavy atom. The van der Waals surface area contributed by atoms with Crippen molar-refractivity contribution in [2.24, 2.45) is 7.05 Å². The topological polar surface area (TPSA) is 88.1 Å². The molecule has 24 heavy (non-hydrogen) atoms. The van der Waals surface area contributed by atoms with E-state index >= 15 is 0 Å². The van der Waals surface area contributed by atoms with Gasteiger partial charge in [-0.2, -0.15) is 5.10 Å². The van der Waals surface area contributed by atoms with Gasteiger partial charge in [0.2, 0.25) is 5.88 Å². The van der Waals surface area contributed by atoms with Gasteiger partial charge >= 0.3 is 0 Å². The van der Waals surface area contributed by atoms with Crippen LogP contribution in [-0.4, -0.2) is 56.8 Å². The van der Waals surface area contributed by atoms with Crippen LogP contribution < -0.4 is 10.1 Å². The highest BCUT2D eigenvalue weighted by Gasteiger charge is 2.25. The number of rotatable bonds is 4. The van der Waals surface area contributed by atoms with E-state index < -0.39 is 0 Å². The molecule has 0 atom stereocenters. The van der Waals surface area contributed by atoms with Crippen LogP contribution >= 0.6 is 0 Å². The number of hydrogen-bond acceptors (Lipinski definition) is 5. The van der Waals surface area contributed by atoms with E-state index in [1.54, 1.807) is 30.2 Å². The largest absolute Gasteiger partial charge is 0.472 e. The van der Waals surface area contributed by atoms with Crippen molar-refractivity contribution in [2.75, 3.05) is 25.5 Å². The first-order valence-electron chi connectivity index (χ1n) is 7.73. The van der Waals surface area contributed by atoms with E-state index in [0.29, 0.717) is 22.8 Å². The molecule has 0 aliphatic carbocycles. The second kappa shape index (κ2) is 5.64. The Bertz CT molecular complexity index is 893. The summed E-state index contributed by atoms with van der Waals surface area (Å²) in [5.41, 5.74) is 1.85. The number of aromatic amines is 1. The van der Waals surface area contributed by atoms with Crippen molar-refractivity contribution in [2.45, 2.75) is 6.10 Å². The van der Waals surface area contributed by atoms with Crippen molar-refractivity contribution in [3.63, 3.8) is 0 Å². The lowest BCUT2D eigenvalue weighted by molar-refractivity contribution is 0.0358. The first-order chi connectivity index (χ1) is 11.6. The zero-order valence-electron chi connectivity index (χ0n) is 13.5. The zero-order chi connectivity index (χ0) is 16.7. The second-order valence-electron chi connectivity index (χ2n) is 6.04. The van der Waals surface area contributed by atoms with Crippen LogP contribution in [0.4, 0.5) is 5.82 Å². The molecule has 0 saturated carbocycles. The molecule has 8 heteroatoms. The van der Waals surface area contributed by atoms with Gasteiger partial charge in [0.15, 0.2) is 5.82 Å². The Hall–Kier alpha value is -2.87. The third-order valence-electron chi connectivity index (χ3n) is 4.01. The number of amides is 1. The van der Waals surface area contributed by atoms with Crippen molar-refractivity contribution < 1.29 is 9.53 Å². The molecule has 1 aliphatic rings. The standard InChI is InChI=1S/C16H18N6O2/c1-21-8-10(9-21)24-14-4-3-12-15(19-14)11(7-17-12)16(23)18-13-5-6-22(2)20-13/h3-7,10,17H,8-9H2,1-2H3,(H,18,20,23). The summed E-state index contributed by atoms with van der Waals surface area (Å²) in [6, 6.07) is 5.43. The smallest absolute Gasteiger partial charge is 0.260 e. The van der Waals surface area contributed by atoms with Gasteiger partial charge in [-0.05, 0) is 13.1 Å². The number of aromatic nitrogens is 4. The quantitative estimate of drug-likeness (QED) is 0.753. The lowest BCUT2D eigenvalue weighted by Crippen LogP contribution is -2.51. The van der Waals surface area contributed by atoms with Gasteiger partial charge in [-0.3, -0.25) is 14.4 Å². The summed E-state index contributed by atoms with van der Waals surface area (Å²) in [5, 5.41) is 6.92. The highest BCUT2D eigenvalue weighted by atomic mass is 16.5. The predicted molar refractivity (Wildman–Crippen MR) is 89.2 cm³/mol. The van der Waals surface area contributed by atoms with Crippen molar-refractivity contribution in [3.8, 4) is 5.88 Å². The number of ether oxygens (including phenoxy) is 1. The summed E-state index contributed by atoms with van der Waals surface area (Å²) in [7, 11) is 3.84. The van der Waals surface area contributed by atoms with Crippen LogP contribution in [0.15, 0.2) is 30.6 Å². The number of H-pyrrole nitrogens is 1. The summed E-state index contributed by atoms with van der Waals surface area (Å²) < 4.78 is 7.47. The van der Waals surface area contributed by atoms with E-state index in [1.165, 1.54) is 0 Å². The molecule has 1 amide bonds. The number of fused-ring (bicyclic) bond motifs is 1. The Labute approximate surface area is 138 Å². The molecule has 1 saturated heterocycles. The number of likely N-dealkylation sites (tertiary alicyclic amines) is 1. The molecular weight excluding hydrogens is 308 g/mol. The van der Waals surface area contributed by atoms with E-state index in [9.17, 15) is 4.79 Å². The minimum Gasteiger partial charge on any atom is -0.472 e. The predicted octanol–water partition coefficient (Wildman–Crippen LogP) is 1.24. The fraction of sp³-hybridized carbons (Fsp3) is 0.312. The first kappa shape index (κ1) is 14.7. The van der Waals surface area contributed by atoms with Crippen LogP contribution in [0, 0.1) is 0 Å². The van der Waals surface area contributed by atoms with Gasteiger partial charge in [-0.25, -0.2) is 4.98 Å². The average molecular weight is 326 g/mol. The van der Waals surface area contributed by atoms with E-state index in [0.717, 1.165) is 18.6 Å². The third kappa shape index (κ3) is 2.71. The third-order valence-corrected chi connectivity index (χ3v) is 4.01. The number of aryl methyl sites for hydroxylation is 1. The normalized spacial score (nSPS) is 15.4. The monoisotopic (exact) mass is 326 g/mol. The SMILES string of the molecule is CN1CC(Oc2ccc3[nH]cc(C(=O)Nc4ccn(C)n4)c3n2)C1. The van der Waals surface area contributed by atoms with E-state index in [2.05, 4.69) is 25.3 Å². The van der Waals surface area contributed by atoms with Crippen LogP contribution in [0.25, 0.3) is 11.0 Å². The molecule has 0 radical (unpaired) electrons. The Morgan fingerprint density at radius 2 is 2.17 bits per heavy atom. The second-order valence-corrected chi connectivity index (χ2v) is 6.04. The van der Waals surface area contributed by atoms with E-state index in [4.69, 9.17) is 4.74 Å². The number of likely N-dealkylation sites (N-methyl/N-ethyl adjacent to an activating group) is 1. The molecule has 1 fully saturated rings. The maximum Gasteiger partial charge on any atom is 0.260 e. The van der Waals surface area contributed by atoms with Crippen molar-refractivity contribution in [3.05, 3.63) is 36.2 Å². The minimum absolute atomic E-state index is 0.157. The Morgan fingerprint density at radius 1 is 1.33 bits per heavy atom. The summed E-state index contributed by atoms with van der Waals surface area (Å²) in [6.45, 7) is 1.78. The molecule has 0 spiro atoms. The number of nitrogens with zero attached hydrogens (tertiary/aromatic N) is 4. The van der Waals surface area contributed by atoms with Crippen LogP contribution in [0.5, 0.6) is 5.88 Å². The number of hydrogen-bond donors (Lipinski definition) is 2. The van der Waals surface area contributed by atoms with Gasteiger partial charge in [0.25, 0.3) is 5.91 Å². The number of pyridine rings is 1. The van der Waals surface area contributed by atoms with Gasteiger partial charge in [0.1, 0.15) is 11.6 Å². The molecule has 0 unspecified atom stereocenters. The molecule has 4 rings (SSSR count). The molecule has 1 aliphatic heterocycles. The van der Waals surface area contributed by atoms with Crippen LogP contribution in [0.3, 0.4) is 0 Å². The molecule has 3 aromatic rings. The zero-order valence-corrected chi connectivity index (χ0v) is 13.5. The lowest BCUT2D eigenvalue weighted by atomic mass is 10.2. The highest BCUT2D eigenvalue weighted by Crippen LogP contribution is 2.22. The van der Waals surface area contributed by atoms with Crippen LogP contribution in [0.1, 0.15) is 10.4 Å². The molecule has 0 bridgehead atoms. The fourth-order valence-electron chi connectivity index (χ4n) is 2.77. The minimum atomic E-state index is -0.257. The van der Waals surface area contributed by atoms with E-state index in [1.807, 2.05) is 19.2 Å². The molecule has 3 aromatic heterocycles. The summed E-state index contributed by atoms with van der Waals surface area (Å²) in [4.78, 5) is 22.2. The number of nitrogens with one attached hydrogen (secondary N) is 2. The molecule has 2 N–H and O–H groups in total. The maximum absolute atomic E-state index is 12.5. The first-order valence-corrected chi connectivity index (χ1v) is 7.73. The highest BCUT2D eigenvalue weighted by molar-refractivity contribution is 6.11.